The van der Waals surface area contributed by atoms with Crippen molar-refractivity contribution in [2.75, 3.05) is 0 Å². The molecule has 0 bridgehead atoms. The third kappa shape index (κ3) is 143. The molecule has 0 fully saturated rings. The van der Waals surface area contributed by atoms with Crippen LogP contribution in [0.25, 0.3) is 0 Å². The summed E-state index contributed by atoms with van der Waals surface area (Å²) in [5.74, 6) is 0. The van der Waals surface area contributed by atoms with Crippen LogP contribution in [-0.4, -0.2) is 0 Å². The van der Waals surface area contributed by atoms with E-state index in [0.717, 1.165) is 0 Å². The van der Waals surface area contributed by atoms with Crippen LogP contribution in [0.2, 0.25) is 0 Å². The normalized spacial score (nSPS) is 0.857. The monoisotopic (exact) mass is 314 g/mol. The van der Waals surface area contributed by atoms with Crippen LogP contribution in [0.3, 0.4) is 0 Å². The molecule has 0 radical (unpaired) electrons. The molecule has 0 heterocycles. The van der Waals surface area contributed by atoms with Crippen molar-refractivity contribution in [2.45, 2.75) is 0 Å². The zero-order chi connectivity index (χ0) is 2.00. The number of rotatable bonds is 0. The maximum atomic E-state index is 2.32. The summed E-state index contributed by atoms with van der Waals surface area (Å²) in [6.07, 6.45) is 0. The summed E-state index contributed by atoms with van der Waals surface area (Å²) in [6, 6.07) is 0. The van der Waals surface area contributed by atoms with Gasteiger partial charge in [0.05, 0.1) is 0 Å². The zero-order valence-corrected chi connectivity index (χ0v) is 8.16. The Hall–Kier alpha value is 1.15. The van der Waals surface area contributed by atoms with E-state index in [1.54, 1.807) is 0 Å². The summed E-state index contributed by atoms with van der Waals surface area (Å²) in [7, 11) is 0. The molecule has 0 aromatic rings. The minimum absolute atomic E-state index is 0. The molecule has 0 aliphatic heterocycles. The molecule has 0 saturated heterocycles. The summed E-state index contributed by atoms with van der Waals surface area (Å²) in [6.45, 7) is 0. The molecule has 15 N–H and O–H groups in total. The van der Waals surface area contributed by atoms with Gasteiger partial charge in [-0.1, -0.05) is 0 Å². The molecule has 7 heteroatoms. The van der Waals surface area contributed by atoms with Crippen LogP contribution in [0.5, 0.6) is 0 Å². The van der Waals surface area contributed by atoms with Crippen LogP contribution < -0.4 is 30.8 Å². The van der Waals surface area contributed by atoms with E-state index in [2.05, 4.69) is 34.5 Å². The van der Waals surface area contributed by atoms with Gasteiger partial charge in [0, 0.05) is 0 Å². The second-order valence-corrected chi connectivity index (χ2v) is 0. The van der Waals surface area contributed by atoms with Crippen molar-refractivity contribution < 1.29 is 14.8 Å². The van der Waals surface area contributed by atoms with Crippen molar-refractivity contribution in [2.24, 2.45) is 0 Å². The molecule has 0 aliphatic rings. The van der Waals surface area contributed by atoms with E-state index in [9.17, 15) is 0 Å². The average molecular weight is 313 g/mol. The number of hydrogen-bond acceptors (Lipinski definition) is 5. The first-order chi connectivity index (χ1) is 1.00. The van der Waals surface area contributed by atoms with E-state index in [1.165, 1.54) is 0 Å². The van der Waals surface area contributed by atoms with Crippen molar-refractivity contribution >= 4 is 19.8 Å². The molecule has 0 aliphatic carbocycles. The van der Waals surface area contributed by atoms with E-state index < -0.39 is 0 Å². The Kier molecular flexibility index (Phi) is 2620. The molecule has 0 aromatic heterocycles. The van der Waals surface area contributed by atoms with Gasteiger partial charge in [0.2, 0.25) is 0 Å². The summed E-state index contributed by atoms with van der Waals surface area (Å²) < 4.78 is 0. The molecular weight excluding hydrogens is 298 g/mol. The molecule has 0 spiro atoms. The van der Waals surface area contributed by atoms with Crippen LogP contribution >= 0.6 is 19.8 Å². The molecule has 5 nitrogen and oxygen atoms in total. The SMILES string of the molecule is N.N.N.N.N.[Ru+][I]. The zero-order valence-electron chi connectivity index (χ0n) is 4.27. The Bertz CT molecular complexity index is 8.04. The summed E-state index contributed by atoms with van der Waals surface area (Å²) >= 11 is 4.40. The maximum absolute atomic E-state index is 2.32. The fraction of sp³-hybridized carbons (Fsp3) is 0. The van der Waals surface area contributed by atoms with E-state index in [0.29, 0.717) is 0 Å². The molecule has 0 aromatic carbocycles. The molecule has 0 saturated carbocycles. The van der Waals surface area contributed by atoms with Gasteiger partial charge in [-0.25, -0.2) is 0 Å². The van der Waals surface area contributed by atoms with Crippen molar-refractivity contribution in [3.05, 3.63) is 0 Å². The van der Waals surface area contributed by atoms with E-state index >= 15 is 0 Å². The van der Waals surface area contributed by atoms with Gasteiger partial charge in [0.15, 0.2) is 0 Å². The van der Waals surface area contributed by atoms with Crippen LogP contribution in [0.1, 0.15) is 0 Å². The van der Waals surface area contributed by atoms with Crippen molar-refractivity contribution in [1.29, 1.82) is 0 Å². The van der Waals surface area contributed by atoms with Crippen molar-refractivity contribution in [1.82, 2.24) is 30.8 Å². The van der Waals surface area contributed by atoms with Gasteiger partial charge in [-0.15, -0.1) is 0 Å². The third-order valence-electron chi connectivity index (χ3n) is 0. The van der Waals surface area contributed by atoms with E-state index in [4.69, 9.17) is 0 Å². The summed E-state index contributed by atoms with van der Waals surface area (Å²) in [4.78, 5) is 0. The van der Waals surface area contributed by atoms with Crippen LogP contribution in [-0.2, 0) is 14.8 Å². The minimum atomic E-state index is 0. The molecule has 0 unspecified atom stereocenters. The van der Waals surface area contributed by atoms with Crippen LogP contribution in [0.4, 0.5) is 0 Å². The summed E-state index contributed by atoms with van der Waals surface area (Å²) in [5.41, 5.74) is 0. The molecule has 0 amide bonds. The van der Waals surface area contributed by atoms with Gasteiger partial charge in [0.25, 0.3) is 0 Å². The Morgan fingerprint density at radius 2 is 0.571 bits per heavy atom. The van der Waals surface area contributed by atoms with Gasteiger partial charge in [-0.2, -0.15) is 0 Å². The molecular formula is H15IN5Ru+. The Balaban J connectivity index is -0.000000000500. The number of halogens is 1. The first-order valence-corrected chi connectivity index (χ1v) is 5.30. The van der Waals surface area contributed by atoms with Crippen molar-refractivity contribution in [3.63, 3.8) is 0 Å². The first-order valence-electron chi connectivity index (χ1n) is 0.134. The standard InChI is InChI=1S/HI.5H3N.Ru/h1H;5*1H3;/q;;;;;;+2/p-1. The molecule has 54 valence electrons. The second-order valence-electron chi connectivity index (χ2n) is 0. The quantitative estimate of drug-likeness (QED) is 0.337. The van der Waals surface area contributed by atoms with Gasteiger partial charge in [0.1, 0.15) is 0 Å². The van der Waals surface area contributed by atoms with Gasteiger partial charge in [-0.3, -0.25) is 0 Å². The Labute approximate surface area is 65.2 Å². The third-order valence-corrected chi connectivity index (χ3v) is 0. The molecule has 0 atom stereocenters. The van der Waals surface area contributed by atoms with Crippen LogP contribution in [0.15, 0.2) is 0 Å². The summed E-state index contributed by atoms with van der Waals surface area (Å²) in [5, 5.41) is 0. The first kappa shape index (κ1) is 90.0. The Morgan fingerprint density at radius 1 is 0.571 bits per heavy atom. The molecule has 7 heavy (non-hydrogen) atoms. The van der Waals surface area contributed by atoms with Gasteiger partial charge in [-0.05, 0) is 0 Å². The predicted octanol–water partition coefficient (Wildman–Crippen LogP) is 1.69. The fourth-order valence-corrected chi connectivity index (χ4v) is 0. The second kappa shape index (κ2) is 204. The predicted molar refractivity (Wildman–Crippen MR) is 39.1 cm³/mol. The van der Waals surface area contributed by atoms with Gasteiger partial charge < -0.3 is 30.8 Å². The van der Waals surface area contributed by atoms with Crippen LogP contribution in [0, 0.1) is 0 Å². The average Bonchev–Trinajstić information content (AvgIpc) is 1.00. The molecule has 0 rings (SSSR count). The fourth-order valence-electron chi connectivity index (χ4n) is 0. The van der Waals surface area contributed by atoms with E-state index in [1.807, 2.05) is 0 Å². The Morgan fingerprint density at radius 3 is 0.571 bits per heavy atom. The van der Waals surface area contributed by atoms with Crippen molar-refractivity contribution in [3.8, 4) is 0 Å². The van der Waals surface area contributed by atoms with E-state index in [-0.39, 0.29) is 30.8 Å². The van der Waals surface area contributed by atoms with Gasteiger partial charge >= 0.3 is 34.5 Å². The number of hydrogen-bond donors (Lipinski definition) is 5. The topological polar surface area (TPSA) is 175 Å².